The molecule has 0 aromatic heterocycles. The molecule has 0 N–H and O–H groups in total. The van der Waals surface area contributed by atoms with Gasteiger partial charge in [0.05, 0.1) is 5.60 Å². The Labute approximate surface area is 124 Å². The molecule has 2 nitrogen and oxygen atoms in total. The van der Waals surface area contributed by atoms with E-state index < -0.39 is 0 Å². The fourth-order valence-corrected chi connectivity index (χ4v) is 4.65. The third-order valence-corrected chi connectivity index (χ3v) is 7.04. The van der Waals surface area contributed by atoms with Crippen LogP contribution in [0.3, 0.4) is 0 Å². The standard InChI is InChI=1S/C16H23BrO2/c1-10-11-5-6-13-15(2,3)14(17)7-8-16(13,4)19-12(11)9-18-10/h5,12-14H,1,6-9H2,2-4H3/t12-,13?,14-,16-/m0/s1. The zero-order valence-corrected chi connectivity index (χ0v) is 13.6. The number of allylic oxidation sites excluding steroid dienone is 1. The van der Waals surface area contributed by atoms with Crippen molar-refractivity contribution in [3.8, 4) is 0 Å². The monoisotopic (exact) mass is 326 g/mol. The van der Waals surface area contributed by atoms with Gasteiger partial charge in [-0.25, -0.2) is 0 Å². The van der Waals surface area contributed by atoms with Gasteiger partial charge in [0, 0.05) is 10.4 Å². The van der Waals surface area contributed by atoms with Crippen LogP contribution in [0.2, 0.25) is 0 Å². The summed E-state index contributed by atoms with van der Waals surface area (Å²) >= 11 is 3.88. The Morgan fingerprint density at radius 2 is 2.11 bits per heavy atom. The lowest BCUT2D eigenvalue weighted by Gasteiger charge is -2.52. The summed E-state index contributed by atoms with van der Waals surface area (Å²) < 4.78 is 12.1. The Bertz CT molecular complexity index is 440. The van der Waals surface area contributed by atoms with Gasteiger partial charge in [0.15, 0.2) is 0 Å². The van der Waals surface area contributed by atoms with E-state index in [2.05, 4.69) is 49.4 Å². The molecule has 0 aromatic carbocycles. The second-order valence-corrected chi connectivity index (χ2v) is 8.03. The highest BCUT2D eigenvalue weighted by molar-refractivity contribution is 9.09. The first-order valence-corrected chi connectivity index (χ1v) is 8.10. The van der Waals surface area contributed by atoms with Gasteiger partial charge in [-0.05, 0) is 37.5 Å². The Morgan fingerprint density at radius 3 is 2.84 bits per heavy atom. The molecule has 1 saturated heterocycles. The first kappa shape index (κ1) is 13.7. The summed E-state index contributed by atoms with van der Waals surface area (Å²) in [6, 6.07) is 0. The van der Waals surface area contributed by atoms with Gasteiger partial charge in [-0.15, -0.1) is 0 Å². The molecule has 3 rings (SSSR count). The number of hydrogen-bond acceptors (Lipinski definition) is 2. The maximum Gasteiger partial charge on any atom is 0.120 e. The van der Waals surface area contributed by atoms with E-state index in [9.17, 15) is 0 Å². The number of halogens is 1. The second kappa shape index (κ2) is 4.36. The molecule has 0 amide bonds. The van der Waals surface area contributed by atoms with Crippen molar-refractivity contribution in [3.05, 3.63) is 24.0 Å². The van der Waals surface area contributed by atoms with Gasteiger partial charge in [-0.1, -0.05) is 42.4 Å². The van der Waals surface area contributed by atoms with Crippen LogP contribution in [0, 0.1) is 11.3 Å². The van der Waals surface area contributed by atoms with E-state index in [-0.39, 0.29) is 17.1 Å². The Balaban J connectivity index is 1.97. The molecule has 2 fully saturated rings. The Kier molecular flexibility index (Phi) is 3.14. The summed E-state index contributed by atoms with van der Waals surface area (Å²) in [5, 5.41) is 0. The van der Waals surface area contributed by atoms with Crippen LogP contribution in [0.1, 0.15) is 40.0 Å². The number of fused-ring (bicyclic) bond motifs is 2. The molecule has 3 aliphatic rings. The minimum absolute atomic E-state index is 0.0509. The van der Waals surface area contributed by atoms with Crippen LogP contribution in [0.4, 0.5) is 0 Å². The number of alkyl halides is 1. The highest BCUT2D eigenvalue weighted by Gasteiger charge is 2.53. The van der Waals surface area contributed by atoms with Crippen LogP contribution in [-0.4, -0.2) is 23.1 Å². The molecule has 1 aliphatic carbocycles. The number of rotatable bonds is 0. The molecule has 3 heteroatoms. The highest BCUT2D eigenvalue weighted by Crippen LogP contribution is 2.54. The molecule has 2 heterocycles. The zero-order chi connectivity index (χ0) is 13.8. The normalized spacial score (nSPS) is 44.7. The lowest BCUT2D eigenvalue weighted by atomic mass is 9.60. The molecular weight excluding hydrogens is 304 g/mol. The van der Waals surface area contributed by atoms with Crippen molar-refractivity contribution in [2.45, 2.75) is 56.6 Å². The molecule has 0 radical (unpaired) electrons. The minimum Gasteiger partial charge on any atom is -0.491 e. The summed E-state index contributed by atoms with van der Waals surface area (Å²) in [6.45, 7) is 11.6. The van der Waals surface area contributed by atoms with Crippen molar-refractivity contribution in [1.29, 1.82) is 0 Å². The third-order valence-electron chi connectivity index (χ3n) is 5.40. The molecule has 19 heavy (non-hydrogen) atoms. The maximum atomic E-state index is 6.51. The Morgan fingerprint density at radius 1 is 1.37 bits per heavy atom. The Hall–Kier alpha value is -0.280. The molecule has 0 bridgehead atoms. The number of hydrogen-bond donors (Lipinski definition) is 0. The van der Waals surface area contributed by atoms with Crippen LogP contribution in [0.15, 0.2) is 24.0 Å². The molecular formula is C16H23BrO2. The first-order valence-electron chi connectivity index (χ1n) is 7.18. The average molecular weight is 327 g/mol. The quantitative estimate of drug-likeness (QED) is 0.621. The summed E-state index contributed by atoms with van der Waals surface area (Å²) in [4.78, 5) is 0.567. The summed E-state index contributed by atoms with van der Waals surface area (Å²) in [6.07, 6.45) is 5.73. The van der Waals surface area contributed by atoms with Crippen LogP contribution in [0.5, 0.6) is 0 Å². The van der Waals surface area contributed by atoms with Crippen LogP contribution in [-0.2, 0) is 9.47 Å². The lowest BCUT2D eigenvalue weighted by molar-refractivity contribution is -0.150. The molecule has 106 valence electrons. The zero-order valence-electron chi connectivity index (χ0n) is 12.0. The molecule has 2 aliphatic heterocycles. The largest absolute Gasteiger partial charge is 0.491 e. The average Bonchev–Trinajstić information content (AvgIpc) is 2.58. The van der Waals surface area contributed by atoms with Crippen molar-refractivity contribution >= 4 is 15.9 Å². The van der Waals surface area contributed by atoms with Gasteiger partial charge in [-0.2, -0.15) is 0 Å². The highest BCUT2D eigenvalue weighted by atomic mass is 79.9. The fourth-order valence-electron chi connectivity index (χ4n) is 4.10. The van der Waals surface area contributed by atoms with Crippen molar-refractivity contribution in [2.24, 2.45) is 11.3 Å². The number of ether oxygens (including phenoxy) is 2. The predicted molar refractivity (Wildman–Crippen MR) is 80.3 cm³/mol. The SMILES string of the molecule is C=C1OC[C@@H]2O[C@@]3(C)CC[C@H](Br)C(C)(C)C3CC=C12. The molecule has 0 aromatic rings. The topological polar surface area (TPSA) is 18.5 Å². The summed E-state index contributed by atoms with van der Waals surface area (Å²) in [5.41, 5.74) is 1.37. The van der Waals surface area contributed by atoms with Gasteiger partial charge in [0.2, 0.25) is 0 Å². The predicted octanol–water partition coefficient (Wildman–Crippen LogP) is 4.20. The summed E-state index contributed by atoms with van der Waals surface area (Å²) in [7, 11) is 0. The van der Waals surface area contributed by atoms with E-state index in [4.69, 9.17) is 9.47 Å². The van der Waals surface area contributed by atoms with Crippen LogP contribution >= 0.6 is 15.9 Å². The van der Waals surface area contributed by atoms with E-state index in [1.54, 1.807) is 0 Å². The molecule has 1 saturated carbocycles. The van der Waals surface area contributed by atoms with Crippen LogP contribution in [0.25, 0.3) is 0 Å². The van der Waals surface area contributed by atoms with Gasteiger partial charge < -0.3 is 9.47 Å². The minimum atomic E-state index is -0.0509. The van der Waals surface area contributed by atoms with Gasteiger partial charge in [0.25, 0.3) is 0 Å². The van der Waals surface area contributed by atoms with Gasteiger partial charge in [0.1, 0.15) is 18.5 Å². The van der Waals surface area contributed by atoms with Gasteiger partial charge in [-0.3, -0.25) is 0 Å². The fraction of sp³-hybridized carbons (Fsp3) is 0.750. The van der Waals surface area contributed by atoms with Gasteiger partial charge >= 0.3 is 0 Å². The lowest BCUT2D eigenvalue weighted by Crippen LogP contribution is -2.53. The summed E-state index contributed by atoms with van der Waals surface area (Å²) in [5.74, 6) is 1.34. The maximum absolute atomic E-state index is 6.51. The first-order chi connectivity index (χ1) is 8.84. The second-order valence-electron chi connectivity index (χ2n) is 6.93. The van der Waals surface area contributed by atoms with E-state index in [0.29, 0.717) is 17.4 Å². The molecule has 0 spiro atoms. The van der Waals surface area contributed by atoms with Crippen molar-refractivity contribution < 1.29 is 9.47 Å². The van der Waals surface area contributed by atoms with E-state index in [0.717, 1.165) is 18.6 Å². The van der Waals surface area contributed by atoms with Crippen molar-refractivity contribution in [1.82, 2.24) is 0 Å². The molecule has 1 unspecified atom stereocenters. The van der Waals surface area contributed by atoms with E-state index >= 15 is 0 Å². The third kappa shape index (κ3) is 2.01. The van der Waals surface area contributed by atoms with Crippen LogP contribution < -0.4 is 0 Å². The molecule has 4 atom stereocenters. The van der Waals surface area contributed by atoms with Crippen molar-refractivity contribution in [2.75, 3.05) is 6.61 Å². The smallest absolute Gasteiger partial charge is 0.120 e. The van der Waals surface area contributed by atoms with Crippen molar-refractivity contribution in [3.63, 3.8) is 0 Å². The van der Waals surface area contributed by atoms with E-state index in [1.807, 2.05) is 0 Å². The van der Waals surface area contributed by atoms with E-state index in [1.165, 1.54) is 12.0 Å².